The fourth-order valence-corrected chi connectivity index (χ4v) is 2.48. The zero-order chi connectivity index (χ0) is 12.9. The summed E-state index contributed by atoms with van der Waals surface area (Å²) in [4.78, 5) is 0. The molecule has 1 fully saturated rings. The van der Waals surface area contributed by atoms with Gasteiger partial charge in [0.25, 0.3) is 0 Å². The molecule has 2 aromatic rings. The predicted molar refractivity (Wildman–Crippen MR) is 76.0 cm³/mol. The molecule has 1 N–H and O–H groups in total. The highest BCUT2D eigenvalue weighted by Gasteiger charge is 2.13. The van der Waals surface area contributed by atoms with Crippen LogP contribution in [0, 0.1) is 0 Å². The van der Waals surface area contributed by atoms with Gasteiger partial charge in [0.1, 0.15) is 6.79 Å². The second kappa shape index (κ2) is 6.15. The van der Waals surface area contributed by atoms with Gasteiger partial charge in [-0.05, 0) is 22.8 Å². The van der Waals surface area contributed by atoms with E-state index >= 15 is 0 Å². The van der Waals surface area contributed by atoms with Crippen molar-refractivity contribution in [3.05, 3.63) is 48.0 Å². The van der Waals surface area contributed by atoms with E-state index in [0.717, 1.165) is 26.1 Å². The van der Waals surface area contributed by atoms with Crippen LogP contribution in [0.25, 0.3) is 10.8 Å². The van der Waals surface area contributed by atoms with Gasteiger partial charge in [-0.25, -0.2) is 0 Å². The van der Waals surface area contributed by atoms with Crippen molar-refractivity contribution in [2.45, 2.75) is 19.1 Å². The standard InChI is InChI=1S/C16H19NO2/c1-2-7-16-13(4-1)5-3-6-14(16)10-17-11-15-8-9-18-12-19-15/h1-7,15,17H,8-12H2. The molecular weight excluding hydrogens is 238 g/mol. The summed E-state index contributed by atoms with van der Waals surface area (Å²) in [5.41, 5.74) is 1.34. The van der Waals surface area contributed by atoms with Crippen LogP contribution in [-0.4, -0.2) is 26.0 Å². The van der Waals surface area contributed by atoms with Crippen molar-refractivity contribution in [3.63, 3.8) is 0 Å². The van der Waals surface area contributed by atoms with Gasteiger partial charge in [0.05, 0.1) is 12.7 Å². The maximum absolute atomic E-state index is 5.52. The van der Waals surface area contributed by atoms with Crippen LogP contribution in [0.2, 0.25) is 0 Å². The van der Waals surface area contributed by atoms with E-state index in [-0.39, 0.29) is 6.10 Å². The number of rotatable bonds is 4. The number of ether oxygens (including phenoxy) is 2. The fraction of sp³-hybridized carbons (Fsp3) is 0.375. The molecule has 1 saturated heterocycles. The number of hydrogen-bond donors (Lipinski definition) is 1. The van der Waals surface area contributed by atoms with E-state index in [0.29, 0.717) is 6.79 Å². The summed E-state index contributed by atoms with van der Waals surface area (Å²) < 4.78 is 10.7. The Morgan fingerprint density at radius 3 is 2.89 bits per heavy atom. The van der Waals surface area contributed by atoms with Gasteiger partial charge in [-0.1, -0.05) is 42.5 Å². The summed E-state index contributed by atoms with van der Waals surface area (Å²) in [5.74, 6) is 0. The average Bonchev–Trinajstić information content (AvgIpc) is 2.49. The lowest BCUT2D eigenvalue weighted by molar-refractivity contribution is -0.137. The highest BCUT2D eigenvalue weighted by molar-refractivity contribution is 5.85. The van der Waals surface area contributed by atoms with Gasteiger partial charge in [-0.3, -0.25) is 0 Å². The van der Waals surface area contributed by atoms with E-state index in [1.165, 1.54) is 16.3 Å². The fourth-order valence-electron chi connectivity index (χ4n) is 2.48. The Labute approximate surface area is 113 Å². The summed E-state index contributed by atoms with van der Waals surface area (Å²) >= 11 is 0. The van der Waals surface area contributed by atoms with Gasteiger partial charge in [-0.15, -0.1) is 0 Å². The zero-order valence-electron chi connectivity index (χ0n) is 11.0. The Hall–Kier alpha value is -1.42. The van der Waals surface area contributed by atoms with Crippen LogP contribution < -0.4 is 5.32 Å². The molecule has 1 aliphatic heterocycles. The summed E-state index contributed by atoms with van der Waals surface area (Å²) in [5, 5.41) is 6.10. The Morgan fingerprint density at radius 2 is 2.00 bits per heavy atom. The average molecular weight is 257 g/mol. The number of fused-ring (bicyclic) bond motifs is 1. The molecule has 1 heterocycles. The second-order valence-electron chi connectivity index (χ2n) is 4.87. The lowest BCUT2D eigenvalue weighted by Gasteiger charge is -2.23. The first-order chi connectivity index (χ1) is 9.43. The topological polar surface area (TPSA) is 30.5 Å². The zero-order valence-corrected chi connectivity index (χ0v) is 11.0. The van der Waals surface area contributed by atoms with Gasteiger partial charge in [0.2, 0.25) is 0 Å². The van der Waals surface area contributed by atoms with E-state index < -0.39 is 0 Å². The van der Waals surface area contributed by atoms with Crippen molar-refractivity contribution in [2.24, 2.45) is 0 Å². The lowest BCUT2D eigenvalue weighted by atomic mass is 10.0. The minimum atomic E-state index is 0.281. The van der Waals surface area contributed by atoms with E-state index in [9.17, 15) is 0 Å². The predicted octanol–water partition coefficient (Wildman–Crippen LogP) is 2.69. The Bertz CT molecular complexity index is 530. The molecule has 19 heavy (non-hydrogen) atoms. The molecule has 1 aliphatic rings. The molecular formula is C16H19NO2. The van der Waals surface area contributed by atoms with Crippen LogP contribution in [0.4, 0.5) is 0 Å². The van der Waals surface area contributed by atoms with Crippen LogP contribution in [0.1, 0.15) is 12.0 Å². The van der Waals surface area contributed by atoms with E-state index in [4.69, 9.17) is 9.47 Å². The monoisotopic (exact) mass is 257 g/mol. The summed E-state index contributed by atoms with van der Waals surface area (Å²) in [6.07, 6.45) is 1.26. The Balaban J connectivity index is 1.62. The Kier molecular flexibility index (Phi) is 4.08. The lowest BCUT2D eigenvalue weighted by Crippen LogP contribution is -2.33. The molecule has 3 rings (SSSR count). The van der Waals surface area contributed by atoms with Gasteiger partial charge in [-0.2, -0.15) is 0 Å². The molecule has 0 saturated carbocycles. The Morgan fingerprint density at radius 1 is 1.11 bits per heavy atom. The summed E-state index contributed by atoms with van der Waals surface area (Å²) in [7, 11) is 0. The third kappa shape index (κ3) is 3.13. The maximum Gasteiger partial charge on any atom is 0.147 e. The molecule has 0 bridgehead atoms. The largest absolute Gasteiger partial charge is 0.355 e. The van der Waals surface area contributed by atoms with Crippen molar-refractivity contribution in [1.82, 2.24) is 5.32 Å². The molecule has 0 aliphatic carbocycles. The summed E-state index contributed by atoms with van der Waals surface area (Å²) in [6, 6.07) is 14.9. The van der Waals surface area contributed by atoms with Crippen LogP contribution in [0.3, 0.4) is 0 Å². The van der Waals surface area contributed by atoms with Crippen molar-refractivity contribution in [1.29, 1.82) is 0 Å². The van der Waals surface area contributed by atoms with Gasteiger partial charge >= 0.3 is 0 Å². The van der Waals surface area contributed by atoms with Crippen LogP contribution in [-0.2, 0) is 16.0 Å². The van der Waals surface area contributed by atoms with Crippen molar-refractivity contribution in [3.8, 4) is 0 Å². The molecule has 0 aromatic heterocycles. The van der Waals surface area contributed by atoms with E-state index in [1.807, 2.05) is 0 Å². The maximum atomic E-state index is 5.52. The normalized spacial score (nSPS) is 19.7. The minimum absolute atomic E-state index is 0.281. The first-order valence-electron chi connectivity index (χ1n) is 6.80. The molecule has 0 spiro atoms. The third-order valence-electron chi connectivity index (χ3n) is 3.54. The minimum Gasteiger partial charge on any atom is -0.355 e. The number of hydrogen-bond acceptors (Lipinski definition) is 3. The second-order valence-corrected chi connectivity index (χ2v) is 4.87. The molecule has 3 heteroatoms. The SMILES string of the molecule is c1ccc2c(CNCC3CCOCO3)cccc2c1. The van der Waals surface area contributed by atoms with Gasteiger partial charge in [0.15, 0.2) is 0 Å². The first-order valence-corrected chi connectivity index (χ1v) is 6.80. The molecule has 1 atom stereocenters. The molecule has 0 amide bonds. The molecule has 3 nitrogen and oxygen atoms in total. The van der Waals surface area contributed by atoms with Gasteiger partial charge < -0.3 is 14.8 Å². The summed E-state index contributed by atoms with van der Waals surface area (Å²) in [6.45, 7) is 3.00. The van der Waals surface area contributed by atoms with Crippen LogP contribution in [0.5, 0.6) is 0 Å². The van der Waals surface area contributed by atoms with E-state index in [2.05, 4.69) is 47.8 Å². The molecule has 0 radical (unpaired) electrons. The smallest absolute Gasteiger partial charge is 0.147 e. The van der Waals surface area contributed by atoms with E-state index in [1.54, 1.807) is 0 Å². The molecule has 2 aromatic carbocycles. The number of benzene rings is 2. The third-order valence-corrected chi connectivity index (χ3v) is 3.54. The molecule has 1 unspecified atom stereocenters. The van der Waals surface area contributed by atoms with Crippen LogP contribution >= 0.6 is 0 Å². The first kappa shape index (κ1) is 12.6. The van der Waals surface area contributed by atoms with Crippen molar-refractivity contribution < 1.29 is 9.47 Å². The molecule has 100 valence electrons. The van der Waals surface area contributed by atoms with Gasteiger partial charge in [0, 0.05) is 13.1 Å². The van der Waals surface area contributed by atoms with Crippen LogP contribution in [0.15, 0.2) is 42.5 Å². The highest BCUT2D eigenvalue weighted by atomic mass is 16.7. The number of nitrogens with one attached hydrogen (secondary N) is 1. The quantitative estimate of drug-likeness (QED) is 0.913. The highest BCUT2D eigenvalue weighted by Crippen LogP contribution is 2.18. The van der Waals surface area contributed by atoms with Crippen molar-refractivity contribution in [2.75, 3.05) is 19.9 Å². The van der Waals surface area contributed by atoms with Crippen molar-refractivity contribution >= 4 is 10.8 Å².